The van der Waals surface area contributed by atoms with Crippen molar-refractivity contribution in [2.45, 2.75) is 20.4 Å². The first-order valence-corrected chi connectivity index (χ1v) is 6.88. The van der Waals surface area contributed by atoms with Gasteiger partial charge in [-0.25, -0.2) is 0 Å². The molecule has 0 spiro atoms. The highest BCUT2D eigenvalue weighted by atomic mass is 32.1. The molecule has 0 unspecified atom stereocenters. The molecule has 104 valence electrons. The molecule has 1 amide bonds. The monoisotopic (exact) mass is 290 g/mol. The molecule has 1 heterocycles. The van der Waals surface area contributed by atoms with Gasteiger partial charge in [-0.05, 0) is 25.5 Å². The van der Waals surface area contributed by atoms with Crippen molar-refractivity contribution in [1.82, 2.24) is 5.32 Å². The van der Waals surface area contributed by atoms with Crippen LogP contribution in [0.25, 0.3) is 0 Å². The summed E-state index contributed by atoms with van der Waals surface area (Å²) >= 11 is 1.42. The van der Waals surface area contributed by atoms with E-state index in [-0.39, 0.29) is 18.1 Å². The summed E-state index contributed by atoms with van der Waals surface area (Å²) in [5.41, 5.74) is 1.59. The maximum absolute atomic E-state index is 12.0. The predicted octanol–water partition coefficient (Wildman–Crippen LogP) is 3.20. The highest BCUT2D eigenvalue weighted by molar-refractivity contribution is 7.14. The molecular formula is C14H14N2O3S. The lowest BCUT2D eigenvalue weighted by Gasteiger charge is -2.04. The number of nitrogens with one attached hydrogen (secondary N) is 1. The average Bonchev–Trinajstić information content (AvgIpc) is 2.76. The predicted molar refractivity (Wildman–Crippen MR) is 78.1 cm³/mol. The number of hydrogen-bond acceptors (Lipinski definition) is 4. The van der Waals surface area contributed by atoms with Crippen molar-refractivity contribution in [2.75, 3.05) is 0 Å². The van der Waals surface area contributed by atoms with E-state index >= 15 is 0 Å². The molecule has 1 N–H and O–H groups in total. The Labute approximate surface area is 120 Å². The van der Waals surface area contributed by atoms with Crippen LogP contribution in [0.2, 0.25) is 0 Å². The van der Waals surface area contributed by atoms with Crippen molar-refractivity contribution in [3.05, 3.63) is 61.3 Å². The number of para-hydroxylation sites is 1. The molecule has 20 heavy (non-hydrogen) atoms. The minimum absolute atomic E-state index is 0.0198. The molecule has 0 fully saturated rings. The van der Waals surface area contributed by atoms with Crippen molar-refractivity contribution in [1.29, 1.82) is 0 Å². The van der Waals surface area contributed by atoms with Crippen LogP contribution in [-0.4, -0.2) is 10.8 Å². The molecule has 2 rings (SSSR count). The highest BCUT2D eigenvalue weighted by Gasteiger charge is 2.14. The molecule has 0 saturated carbocycles. The molecule has 5 nitrogen and oxygen atoms in total. The third-order valence-corrected chi connectivity index (χ3v) is 4.17. The fraction of sp³-hybridized carbons (Fsp3) is 0.214. The minimum Gasteiger partial charge on any atom is -0.347 e. The Bertz CT molecular complexity index is 645. The van der Waals surface area contributed by atoms with Gasteiger partial charge in [0.1, 0.15) is 0 Å². The first-order chi connectivity index (χ1) is 9.49. The Kier molecular flexibility index (Phi) is 4.14. The van der Waals surface area contributed by atoms with Crippen LogP contribution in [0.5, 0.6) is 0 Å². The van der Waals surface area contributed by atoms with Crippen LogP contribution in [-0.2, 0) is 6.54 Å². The van der Waals surface area contributed by atoms with Crippen LogP contribution >= 0.6 is 11.3 Å². The van der Waals surface area contributed by atoms with Crippen LogP contribution in [0.1, 0.15) is 25.7 Å². The molecule has 0 saturated heterocycles. The topological polar surface area (TPSA) is 72.2 Å². The Morgan fingerprint density at radius 3 is 2.65 bits per heavy atom. The summed E-state index contributed by atoms with van der Waals surface area (Å²) in [6.07, 6.45) is 0. The van der Waals surface area contributed by atoms with Gasteiger partial charge in [-0.15, -0.1) is 11.3 Å². The molecule has 0 aliphatic carbocycles. The zero-order chi connectivity index (χ0) is 14.7. The Hall–Kier alpha value is -2.21. The van der Waals surface area contributed by atoms with E-state index in [2.05, 4.69) is 5.32 Å². The molecule has 1 aromatic carbocycles. The minimum atomic E-state index is -0.444. The number of nitrogens with zero attached hydrogens (tertiary/aromatic N) is 1. The van der Waals surface area contributed by atoms with Gasteiger partial charge in [-0.3, -0.25) is 14.9 Å². The van der Waals surface area contributed by atoms with Crippen LogP contribution in [0.3, 0.4) is 0 Å². The smallest absolute Gasteiger partial charge is 0.274 e. The summed E-state index contributed by atoms with van der Waals surface area (Å²) in [6.45, 7) is 4.05. The maximum atomic E-state index is 12.0. The standard InChI is InChI=1S/C14H14N2O3S/c1-9-7-13(20-10(9)2)14(17)15-8-11-5-3-4-6-12(11)16(18)19/h3-7H,8H2,1-2H3,(H,15,17). The number of amides is 1. The highest BCUT2D eigenvalue weighted by Crippen LogP contribution is 2.21. The lowest BCUT2D eigenvalue weighted by Crippen LogP contribution is -2.22. The second-order valence-electron chi connectivity index (χ2n) is 4.42. The van der Waals surface area contributed by atoms with Crippen LogP contribution in [0, 0.1) is 24.0 Å². The summed E-state index contributed by atoms with van der Waals surface area (Å²) in [7, 11) is 0. The lowest BCUT2D eigenvalue weighted by molar-refractivity contribution is -0.385. The quantitative estimate of drug-likeness (QED) is 0.694. The first-order valence-electron chi connectivity index (χ1n) is 6.06. The fourth-order valence-corrected chi connectivity index (χ4v) is 2.74. The Morgan fingerprint density at radius 1 is 1.35 bits per heavy atom. The van der Waals surface area contributed by atoms with Gasteiger partial charge in [-0.1, -0.05) is 18.2 Å². The van der Waals surface area contributed by atoms with Crippen molar-refractivity contribution >= 4 is 22.9 Å². The van der Waals surface area contributed by atoms with Crippen molar-refractivity contribution in [3.8, 4) is 0 Å². The second-order valence-corrected chi connectivity index (χ2v) is 5.67. The van der Waals surface area contributed by atoms with E-state index in [1.54, 1.807) is 18.2 Å². The molecule has 0 aliphatic rings. The van der Waals surface area contributed by atoms with Crippen LogP contribution < -0.4 is 5.32 Å². The summed E-state index contributed by atoms with van der Waals surface area (Å²) in [5, 5.41) is 13.6. The van der Waals surface area contributed by atoms with Gasteiger partial charge < -0.3 is 5.32 Å². The molecular weight excluding hydrogens is 276 g/mol. The zero-order valence-corrected chi connectivity index (χ0v) is 12.0. The van der Waals surface area contributed by atoms with Crippen LogP contribution in [0.15, 0.2) is 30.3 Å². The van der Waals surface area contributed by atoms with Crippen molar-refractivity contribution in [3.63, 3.8) is 0 Å². The van der Waals surface area contributed by atoms with Crippen molar-refractivity contribution in [2.24, 2.45) is 0 Å². The number of carbonyl (C=O) groups excluding carboxylic acids is 1. The van der Waals surface area contributed by atoms with E-state index in [0.29, 0.717) is 10.4 Å². The van der Waals surface area contributed by atoms with E-state index in [1.165, 1.54) is 17.4 Å². The number of nitro groups is 1. The SMILES string of the molecule is Cc1cc(C(=O)NCc2ccccc2[N+](=O)[O-])sc1C. The Balaban J connectivity index is 2.09. The molecule has 6 heteroatoms. The largest absolute Gasteiger partial charge is 0.347 e. The summed E-state index contributed by atoms with van der Waals surface area (Å²) in [5.74, 6) is -0.204. The van der Waals surface area contributed by atoms with E-state index < -0.39 is 4.92 Å². The lowest BCUT2D eigenvalue weighted by atomic mass is 10.2. The molecule has 2 aromatic rings. The van der Waals surface area contributed by atoms with E-state index in [0.717, 1.165) is 10.4 Å². The van der Waals surface area contributed by atoms with Gasteiger partial charge >= 0.3 is 0 Å². The van der Waals surface area contributed by atoms with Gasteiger partial charge in [-0.2, -0.15) is 0 Å². The van der Waals surface area contributed by atoms with Gasteiger partial charge in [0.05, 0.1) is 9.80 Å². The second kappa shape index (κ2) is 5.83. The molecule has 0 radical (unpaired) electrons. The Morgan fingerprint density at radius 2 is 2.05 bits per heavy atom. The van der Waals surface area contributed by atoms with E-state index in [1.807, 2.05) is 19.9 Å². The summed E-state index contributed by atoms with van der Waals surface area (Å²) in [4.78, 5) is 24.2. The summed E-state index contributed by atoms with van der Waals surface area (Å²) in [6, 6.07) is 8.22. The third kappa shape index (κ3) is 3.03. The van der Waals surface area contributed by atoms with E-state index in [4.69, 9.17) is 0 Å². The average molecular weight is 290 g/mol. The number of rotatable bonds is 4. The zero-order valence-electron chi connectivity index (χ0n) is 11.2. The summed E-state index contributed by atoms with van der Waals surface area (Å²) < 4.78 is 0. The van der Waals surface area contributed by atoms with E-state index in [9.17, 15) is 14.9 Å². The third-order valence-electron chi connectivity index (χ3n) is 3.02. The number of thiophene rings is 1. The van der Waals surface area contributed by atoms with Gasteiger partial charge in [0.15, 0.2) is 0 Å². The molecule has 1 aromatic heterocycles. The number of carbonyl (C=O) groups is 1. The molecule has 0 aliphatic heterocycles. The van der Waals surface area contributed by atoms with Crippen LogP contribution in [0.4, 0.5) is 5.69 Å². The molecule has 0 atom stereocenters. The fourth-order valence-electron chi connectivity index (χ4n) is 1.79. The van der Waals surface area contributed by atoms with Gasteiger partial charge in [0.2, 0.25) is 0 Å². The number of benzene rings is 1. The number of aryl methyl sites for hydroxylation is 2. The number of hydrogen-bond donors (Lipinski definition) is 1. The van der Waals surface area contributed by atoms with Crippen molar-refractivity contribution < 1.29 is 9.72 Å². The number of nitro benzene ring substituents is 1. The van der Waals surface area contributed by atoms with Gasteiger partial charge in [0.25, 0.3) is 11.6 Å². The normalized spacial score (nSPS) is 10.3. The van der Waals surface area contributed by atoms with Gasteiger partial charge in [0, 0.05) is 23.1 Å². The molecule has 0 bridgehead atoms. The first kappa shape index (κ1) is 14.2. The maximum Gasteiger partial charge on any atom is 0.274 e.